The fourth-order valence-corrected chi connectivity index (χ4v) is 5.11. The number of phenolic OH excluding ortho intramolecular Hbond substituents is 1. The summed E-state index contributed by atoms with van der Waals surface area (Å²) >= 11 is 0. The predicted molar refractivity (Wildman–Crippen MR) is 137 cm³/mol. The number of methoxy groups -OCH3 is 2. The second-order valence-corrected chi connectivity index (χ2v) is 10.6. The first-order valence-corrected chi connectivity index (χ1v) is 13.2. The van der Waals surface area contributed by atoms with Crippen LogP contribution in [0, 0.1) is 19.1 Å². The number of para-hydroxylation sites is 1. The van der Waals surface area contributed by atoms with Gasteiger partial charge in [-0.15, -0.1) is 10.2 Å². The van der Waals surface area contributed by atoms with Gasteiger partial charge in [0.2, 0.25) is 28.5 Å². The van der Waals surface area contributed by atoms with Crippen molar-refractivity contribution in [3.8, 4) is 40.1 Å². The Kier molecular flexibility index (Phi) is 6.85. The molecule has 0 amide bonds. The summed E-state index contributed by atoms with van der Waals surface area (Å²) in [5, 5.41) is 18.0. The van der Waals surface area contributed by atoms with E-state index in [1.54, 1.807) is 30.6 Å². The normalized spacial score (nSPS) is 13.9. The molecule has 4 aromatic rings. The maximum Gasteiger partial charge on any atom is 0.243 e. The van der Waals surface area contributed by atoms with Crippen LogP contribution in [0.25, 0.3) is 17.1 Å². The van der Waals surface area contributed by atoms with Gasteiger partial charge in [-0.1, -0.05) is 12.1 Å². The summed E-state index contributed by atoms with van der Waals surface area (Å²) in [4.78, 5) is 8.44. The molecule has 0 unspecified atom stereocenters. The first kappa shape index (κ1) is 26.0. The van der Waals surface area contributed by atoms with Gasteiger partial charge in [0, 0.05) is 25.6 Å². The van der Waals surface area contributed by atoms with Gasteiger partial charge in [0.25, 0.3) is 0 Å². The van der Waals surface area contributed by atoms with E-state index in [2.05, 4.69) is 37.0 Å². The molecule has 0 saturated heterocycles. The van der Waals surface area contributed by atoms with Crippen LogP contribution >= 0.6 is 0 Å². The van der Waals surface area contributed by atoms with Gasteiger partial charge in [0.1, 0.15) is 28.5 Å². The third-order valence-corrected chi connectivity index (χ3v) is 7.70. The molecule has 0 bridgehead atoms. The highest BCUT2D eigenvalue weighted by molar-refractivity contribution is 7.93. The van der Waals surface area contributed by atoms with E-state index in [0.29, 0.717) is 17.1 Å². The van der Waals surface area contributed by atoms with Gasteiger partial charge in [-0.25, -0.2) is 18.4 Å². The molecule has 0 spiro atoms. The number of benzene rings is 1. The van der Waals surface area contributed by atoms with Crippen molar-refractivity contribution in [1.82, 2.24) is 24.7 Å². The van der Waals surface area contributed by atoms with Crippen LogP contribution in [-0.2, 0) is 14.8 Å². The summed E-state index contributed by atoms with van der Waals surface area (Å²) in [6, 6.07) is 12.0. The highest BCUT2D eigenvalue weighted by Gasteiger charge is 2.35. The molecule has 5 rings (SSSR count). The number of ether oxygens (including phenoxy) is 4. The summed E-state index contributed by atoms with van der Waals surface area (Å²) in [6.45, 7) is 3.31. The monoisotopic (exact) mass is 552 g/mol. The zero-order chi connectivity index (χ0) is 27.7. The van der Waals surface area contributed by atoms with Crippen LogP contribution in [0.2, 0.25) is 0 Å². The van der Waals surface area contributed by atoms with E-state index in [9.17, 15) is 13.5 Å². The van der Waals surface area contributed by atoms with Gasteiger partial charge in [-0.2, -0.15) is 0 Å². The topological polar surface area (TPSA) is 160 Å². The van der Waals surface area contributed by atoms with Crippen LogP contribution in [0.4, 0.5) is 5.95 Å². The highest BCUT2D eigenvalue weighted by Crippen LogP contribution is 2.39. The molecular formula is C25H24N6O7S. The van der Waals surface area contributed by atoms with Crippen LogP contribution in [0.1, 0.15) is 24.4 Å². The van der Waals surface area contributed by atoms with E-state index in [1.807, 2.05) is 6.92 Å². The number of fused-ring (bicyclic) bond motifs is 1. The molecule has 1 aliphatic rings. The first-order chi connectivity index (χ1) is 18.7. The summed E-state index contributed by atoms with van der Waals surface area (Å²) in [7, 11) is -1.40. The van der Waals surface area contributed by atoms with Crippen molar-refractivity contribution in [2.24, 2.45) is 0 Å². The SMILES string of the molecule is COc1cccc(O)c1-n1c(NS(=O)(=O)[C@@H](C)[C@H](OC)c2ncc(C)cn2)nnc1-c1c#cc2c(c1)OCO2. The number of aromatic nitrogens is 5. The van der Waals surface area contributed by atoms with Gasteiger partial charge in [0.15, 0.2) is 17.4 Å². The third-order valence-electron chi connectivity index (χ3n) is 6.01. The Balaban J connectivity index is 1.60. The number of aryl methyl sites for hydroxylation is 1. The predicted octanol–water partition coefficient (Wildman–Crippen LogP) is 2.59. The van der Waals surface area contributed by atoms with Crippen molar-refractivity contribution >= 4 is 16.0 Å². The van der Waals surface area contributed by atoms with Crippen molar-refractivity contribution in [3.63, 3.8) is 0 Å². The lowest BCUT2D eigenvalue weighted by molar-refractivity contribution is 0.0949. The summed E-state index contributed by atoms with van der Waals surface area (Å²) in [6.07, 6.45) is 2.16. The van der Waals surface area contributed by atoms with Crippen molar-refractivity contribution in [2.75, 3.05) is 25.7 Å². The Morgan fingerprint density at radius 2 is 1.92 bits per heavy atom. The highest BCUT2D eigenvalue weighted by atomic mass is 32.2. The Labute approximate surface area is 224 Å². The summed E-state index contributed by atoms with van der Waals surface area (Å²) in [5.41, 5.74) is 1.26. The number of aromatic hydroxyl groups is 1. The van der Waals surface area contributed by atoms with E-state index < -0.39 is 21.4 Å². The molecule has 2 aromatic heterocycles. The number of rotatable bonds is 9. The lowest BCUT2D eigenvalue weighted by Crippen LogP contribution is -2.33. The first-order valence-electron chi connectivity index (χ1n) is 11.6. The second kappa shape index (κ2) is 10.3. The second-order valence-electron chi connectivity index (χ2n) is 8.55. The maximum atomic E-state index is 13.6. The number of phenols is 1. The maximum absolute atomic E-state index is 13.6. The average molecular weight is 553 g/mol. The standard InChI is InChI=1S/C25H24N6O7S/c1-14-11-26-23(27-12-14)22(36-4)15(2)39(33,34)30-25-29-28-24(16-8-9-18-20(10-16)38-13-37-18)31(25)21-17(32)6-5-7-19(21)35-3/h5-7,10-12,15,22,32H,13H2,1-4H3,(H,29,30)/t15-,22-/m0/s1. The molecule has 39 heavy (non-hydrogen) atoms. The van der Waals surface area contributed by atoms with E-state index in [0.717, 1.165) is 5.56 Å². The van der Waals surface area contributed by atoms with Crippen LogP contribution in [0.5, 0.6) is 23.0 Å². The fourth-order valence-electron chi connectivity index (χ4n) is 3.98. The van der Waals surface area contributed by atoms with Gasteiger partial charge in [-0.3, -0.25) is 9.29 Å². The van der Waals surface area contributed by atoms with Gasteiger partial charge in [0.05, 0.1) is 12.7 Å². The minimum Gasteiger partial charge on any atom is -0.506 e. The molecule has 0 aliphatic carbocycles. The molecular weight excluding hydrogens is 528 g/mol. The van der Waals surface area contributed by atoms with Crippen molar-refractivity contribution in [1.29, 1.82) is 0 Å². The van der Waals surface area contributed by atoms with Gasteiger partial charge in [-0.05, 0) is 37.6 Å². The molecule has 0 saturated carbocycles. The van der Waals surface area contributed by atoms with Crippen LogP contribution < -0.4 is 18.9 Å². The number of anilines is 1. The molecule has 13 nitrogen and oxygen atoms in total. The quantitative estimate of drug-likeness (QED) is 0.314. The number of hydrogen-bond acceptors (Lipinski definition) is 11. The molecule has 202 valence electrons. The van der Waals surface area contributed by atoms with E-state index in [-0.39, 0.29) is 41.6 Å². The number of nitrogens with one attached hydrogen (secondary N) is 1. The van der Waals surface area contributed by atoms with Crippen LogP contribution in [0.3, 0.4) is 0 Å². The lowest BCUT2D eigenvalue weighted by atomic mass is 10.2. The Morgan fingerprint density at radius 3 is 2.64 bits per heavy atom. The molecule has 2 N–H and O–H groups in total. The molecule has 14 heteroatoms. The van der Waals surface area contributed by atoms with Crippen molar-refractivity contribution in [3.05, 3.63) is 60.2 Å². The minimum atomic E-state index is -4.19. The zero-order valence-corrected chi connectivity index (χ0v) is 22.2. The molecule has 0 fully saturated rings. The minimum absolute atomic E-state index is 0.0252. The van der Waals surface area contributed by atoms with E-state index in [1.165, 1.54) is 31.8 Å². The zero-order valence-electron chi connectivity index (χ0n) is 21.4. The summed E-state index contributed by atoms with van der Waals surface area (Å²) < 4.78 is 52.6. The summed E-state index contributed by atoms with van der Waals surface area (Å²) in [5.74, 6) is 0.912. The largest absolute Gasteiger partial charge is 0.506 e. The van der Waals surface area contributed by atoms with E-state index >= 15 is 0 Å². The smallest absolute Gasteiger partial charge is 0.243 e. The van der Waals surface area contributed by atoms with Crippen molar-refractivity contribution < 1.29 is 32.5 Å². The van der Waals surface area contributed by atoms with E-state index in [4.69, 9.17) is 18.9 Å². The van der Waals surface area contributed by atoms with Crippen LogP contribution in [-0.4, -0.2) is 64.5 Å². The Hall–Kier alpha value is -4.61. The molecule has 1 aliphatic heterocycles. The molecule has 3 heterocycles. The average Bonchev–Trinajstić information content (AvgIpc) is 3.56. The van der Waals surface area contributed by atoms with Crippen molar-refractivity contribution in [2.45, 2.75) is 25.2 Å². The number of hydrogen-bond donors (Lipinski definition) is 2. The van der Waals surface area contributed by atoms with Crippen LogP contribution in [0.15, 0.2) is 36.7 Å². The third kappa shape index (κ3) is 4.85. The Bertz CT molecular complexity index is 1610. The lowest BCUT2D eigenvalue weighted by Gasteiger charge is -2.22. The fraction of sp³-hybridized carbons (Fsp3) is 0.280. The molecule has 2 atom stereocenters. The Morgan fingerprint density at radius 1 is 1.15 bits per heavy atom. The molecule has 0 radical (unpaired) electrons. The van der Waals surface area contributed by atoms with Gasteiger partial charge >= 0.3 is 0 Å². The number of sulfonamides is 1. The molecule has 2 aromatic carbocycles. The number of nitrogens with zero attached hydrogens (tertiary/aromatic N) is 5. The van der Waals surface area contributed by atoms with Gasteiger partial charge < -0.3 is 24.1 Å².